The van der Waals surface area contributed by atoms with Crippen LogP contribution in [0.25, 0.3) is 27.8 Å². The van der Waals surface area contributed by atoms with Crippen LogP contribution >= 0.6 is 0 Å². The van der Waals surface area contributed by atoms with E-state index >= 15 is 0 Å². The van der Waals surface area contributed by atoms with Gasteiger partial charge in [0, 0.05) is 30.1 Å². The molecule has 0 saturated carbocycles. The van der Waals surface area contributed by atoms with E-state index in [4.69, 9.17) is 4.74 Å². The number of rotatable bonds is 2. The van der Waals surface area contributed by atoms with E-state index < -0.39 is 0 Å². The number of aryl methyl sites for hydroxylation is 2. The second kappa shape index (κ2) is 5.70. The number of hydrogen-bond donors (Lipinski definition) is 0. The van der Waals surface area contributed by atoms with Gasteiger partial charge in [0.2, 0.25) is 5.95 Å². The maximum absolute atomic E-state index is 11.3. The third-order valence-electron chi connectivity index (χ3n) is 4.37. The molecule has 2 aromatic carbocycles. The van der Waals surface area contributed by atoms with Gasteiger partial charge >= 0.3 is 5.97 Å². The minimum Gasteiger partial charge on any atom is -0.427 e. The SMILES string of the molecule is CC(=O)Oc1ccc2c(c1)c1cc(C)c(C)cc1n2-c1ncccn1. The van der Waals surface area contributed by atoms with Crippen LogP contribution in [0.4, 0.5) is 0 Å². The van der Waals surface area contributed by atoms with Crippen molar-refractivity contribution in [3.8, 4) is 11.7 Å². The van der Waals surface area contributed by atoms with Crippen LogP contribution in [-0.2, 0) is 4.79 Å². The molecule has 124 valence electrons. The van der Waals surface area contributed by atoms with Crippen molar-refractivity contribution in [3.63, 3.8) is 0 Å². The molecule has 25 heavy (non-hydrogen) atoms. The number of ether oxygens (including phenoxy) is 1. The zero-order valence-corrected chi connectivity index (χ0v) is 14.3. The summed E-state index contributed by atoms with van der Waals surface area (Å²) in [6.45, 7) is 5.58. The Labute approximate surface area is 144 Å². The summed E-state index contributed by atoms with van der Waals surface area (Å²) in [6, 6.07) is 11.7. The zero-order valence-electron chi connectivity index (χ0n) is 14.3. The second-order valence-electron chi connectivity index (χ2n) is 6.11. The fraction of sp³-hybridized carbons (Fsp3) is 0.150. The lowest BCUT2D eigenvalue weighted by molar-refractivity contribution is -0.131. The number of carbonyl (C=O) groups is 1. The summed E-state index contributed by atoms with van der Waals surface area (Å²) in [6.07, 6.45) is 3.46. The third kappa shape index (κ3) is 2.54. The molecular formula is C20H17N3O2. The largest absolute Gasteiger partial charge is 0.427 e. The van der Waals surface area contributed by atoms with Crippen LogP contribution in [0.15, 0.2) is 48.8 Å². The summed E-state index contributed by atoms with van der Waals surface area (Å²) >= 11 is 0. The number of carbonyl (C=O) groups excluding carboxylic acids is 1. The summed E-state index contributed by atoms with van der Waals surface area (Å²) < 4.78 is 7.30. The molecule has 0 N–H and O–H groups in total. The first kappa shape index (κ1) is 15.3. The normalized spacial score (nSPS) is 11.2. The van der Waals surface area contributed by atoms with Gasteiger partial charge in [-0.25, -0.2) is 9.97 Å². The van der Waals surface area contributed by atoms with E-state index in [0.717, 1.165) is 21.8 Å². The van der Waals surface area contributed by atoms with Crippen LogP contribution in [-0.4, -0.2) is 20.5 Å². The molecule has 0 amide bonds. The van der Waals surface area contributed by atoms with Crippen LogP contribution in [0.1, 0.15) is 18.1 Å². The number of hydrogen-bond acceptors (Lipinski definition) is 4. The van der Waals surface area contributed by atoms with Crippen LogP contribution in [0, 0.1) is 13.8 Å². The molecule has 2 heterocycles. The maximum atomic E-state index is 11.3. The molecule has 0 aliphatic carbocycles. The molecule has 2 aromatic heterocycles. The Morgan fingerprint density at radius 1 is 0.960 bits per heavy atom. The highest BCUT2D eigenvalue weighted by Gasteiger charge is 2.16. The van der Waals surface area contributed by atoms with Gasteiger partial charge in [-0.2, -0.15) is 0 Å². The minimum atomic E-state index is -0.332. The van der Waals surface area contributed by atoms with Crippen LogP contribution in [0.3, 0.4) is 0 Å². The van der Waals surface area contributed by atoms with E-state index in [1.165, 1.54) is 18.1 Å². The summed E-state index contributed by atoms with van der Waals surface area (Å²) in [4.78, 5) is 20.1. The Kier molecular flexibility index (Phi) is 3.50. The molecule has 0 aliphatic rings. The van der Waals surface area contributed by atoms with E-state index in [9.17, 15) is 4.79 Å². The molecule has 0 spiro atoms. The van der Waals surface area contributed by atoms with Crippen molar-refractivity contribution < 1.29 is 9.53 Å². The Hall–Kier alpha value is -3.21. The lowest BCUT2D eigenvalue weighted by atomic mass is 10.1. The molecule has 0 saturated heterocycles. The number of esters is 1. The van der Waals surface area contributed by atoms with Crippen molar-refractivity contribution in [1.29, 1.82) is 0 Å². The van der Waals surface area contributed by atoms with Crippen LogP contribution in [0.2, 0.25) is 0 Å². The van der Waals surface area contributed by atoms with Crippen LogP contribution < -0.4 is 4.74 Å². The van der Waals surface area contributed by atoms with Crippen LogP contribution in [0.5, 0.6) is 5.75 Å². The predicted molar refractivity (Wildman–Crippen MR) is 97.2 cm³/mol. The Morgan fingerprint density at radius 2 is 1.64 bits per heavy atom. The highest BCUT2D eigenvalue weighted by atomic mass is 16.5. The van der Waals surface area contributed by atoms with E-state index in [1.54, 1.807) is 24.5 Å². The van der Waals surface area contributed by atoms with Gasteiger partial charge in [-0.1, -0.05) is 0 Å². The van der Waals surface area contributed by atoms with Crippen molar-refractivity contribution in [2.45, 2.75) is 20.8 Å². The molecule has 0 radical (unpaired) electrons. The smallest absolute Gasteiger partial charge is 0.308 e. The average molecular weight is 331 g/mol. The molecule has 0 atom stereocenters. The number of fused-ring (bicyclic) bond motifs is 3. The highest BCUT2D eigenvalue weighted by Crippen LogP contribution is 2.34. The highest BCUT2D eigenvalue weighted by molar-refractivity contribution is 6.10. The lowest BCUT2D eigenvalue weighted by Gasteiger charge is -2.06. The summed E-state index contributed by atoms with van der Waals surface area (Å²) in [5.41, 5.74) is 4.41. The molecular weight excluding hydrogens is 314 g/mol. The van der Waals surface area contributed by atoms with Gasteiger partial charge in [-0.05, 0) is 61.4 Å². The van der Waals surface area contributed by atoms with E-state index in [1.807, 2.05) is 16.7 Å². The topological polar surface area (TPSA) is 57.0 Å². The standard InChI is InChI=1S/C20H17N3O2/c1-12-9-16-17-11-15(25-14(3)24)5-6-18(17)23(19(16)10-13(12)2)20-21-7-4-8-22-20/h4-11H,1-3H3. The minimum absolute atomic E-state index is 0.332. The molecule has 0 unspecified atom stereocenters. The van der Waals surface area contributed by atoms with E-state index in [-0.39, 0.29) is 5.97 Å². The fourth-order valence-corrected chi connectivity index (χ4v) is 3.11. The first-order valence-electron chi connectivity index (χ1n) is 8.06. The summed E-state index contributed by atoms with van der Waals surface area (Å²) in [7, 11) is 0. The Bertz CT molecular complexity index is 1110. The quantitative estimate of drug-likeness (QED) is 0.409. The second-order valence-corrected chi connectivity index (χ2v) is 6.11. The average Bonchev–Trinajstić information content (AvgIpc) is 2.88. The van der Waals surface area contributed by atoms with Crippen molar-refractivity contribution in [1.82, 2.24) is 14.5 Å². The van der Waals surface area contributed by atoms with Gasteiger partial charge in [-0.15, -0.1) is 0 Å². The predicted octanol–water partition coefficient (Wildman–Crippen LogP) is 4.12. The molecule has 4 aromatic rings. The number of benzene rings is 2. The first-order valence-corrected chi connectivity index (χ1v) is 8.06. The van der Waals surface area contributed by atoms with Crippen molar-refractivity contribution >= 4 is 27.8 Å². The molecule has 0 fully saturated rings. The van der Waals surface area contributed by atoms with Crippen molar-refractivity contribution in [2.24, 2.45) is 0 Å². The Morgan fingerprint density at radius 3 is 2.36 bits per heavy atom. The third-order valence-corrected chi connectivity index (χ3v) is 4.37. The van der Waals surface area contributed by atoms with Gasteiger partial charge in [0.1, 0.15) is 5.75 Å². The number of nitrogens with zero attached hydrogens (tertiary/aromatic N) is 3. The van der Waals surface area contributed by atoms with Crippen molar-refractivity contribution in [2.75, 3.05) is 0 Å². The molecule has 5 nitrogen and oxygen atoms in total. The summed E-state index contributed by atoms with van der Waals surface area (Å²) in [5.74, 6) is 0.818. The maximum Gasteiger partial charge on any atom is 0.308 e. The van der Waals surface area contributed by atoms with E-state index in [0.29, 0.717) is 11.7 Å². The van der Waals surface area contributed by atoms with Gasteiger partial charge in [0.15, 0.2) is 0 Å². The molecule has 5 heteroatoms. The summed E-state index contributed by atoms with van der Waals surface area (Å²) in [5, 5.41) is 2.09. The zero-order chi connectivity index (χ0) is 17.6. The monoisotopic (exact) mass is 331 g/mol. The molecule has 0 aliphatic heterocycles. The van der Waals surface area contributed by atoms with Gasteiger partial charge in [0.05, 0.1) is 11.0 Å². The number of aromatic nitrogens is 3. The van der Waals surface area contributed by atoms with E-state index in [2.05, 4.69) is 35.9 Å². The molecule has 0 bridgehead atoms. The van der Waals surface area contributed by atoms with Gasteiger partial charge in [-0.3, -0.25) is 9.36 Å². The Balaban J connectivity index is 2.11. The fourth-order valence-electron chi connectivity index (χ4n) is 3.11. The van der Waals surface area contributed by atoms with Crippen molar-refractivity contribution in [3.05, 3.63) is 59.9 Å². The van der Waals surface area contributed by atoms with Gasteiger partial charge < -0.3 is 4.74 Å². The lowest BCUT2D eigenvalue weighted by Crippen LogP contribution is -2.01. The molecule has 4 rings (SSSR count). The van der Waals surface area contributed by atoms with Gasteiger partial charge in [0.25, 0.3) is 0 Å². The first-order chi connectivity index (χ1) is 12.0.